The number of carbonyl (C=O) groups is 4. The number of rotatable bonds is 13. The minimum atomic E-state index is -1.45. The van der Waals surface area contributed by atoms with Gasteiger partial charge < -0.3 is 42.7 Å². The van der Waals surface area contributed by atoms with Crippen molar-refractivity contribution < 1.29 is 34.5 Å². The molecule has 0 bridgehead atoms. The van der Waals surface area contributed by atoms with Crippen LogP contribution in [-0.4, -0.2) is 75.8 Å². The molecule has 0 saturated carbocycles. The molecule has 0 heterocycles. The number of nitrogens with two attached hydrogens (primary N) is 2. The fourth-order valence-corrected chi connectivity index (χ4v) is 2.08. The SMILES string of the molecule is C[C@@H](O)[C@H](N)C(=O)N[C@@H](CCCNC(=N)N)C(=O)N[C@@H](CCC(=O)O)C(=O)O. The summed E-state index contributed by atoms with van der Waals surface area (Å²) in [7, 11) is 0. The van der Waals surface area contributed by atoms with E-state index >= 15 is 0 Å². The van der Waals surface area contributed by atoms with Crippen molar-refractivity contribution in [1.29, 1.82) is 5.41 Å². The molecule has 0 aromatic heterocycles. The molecule has 0 saturated heterocycles. The van der Waals surface area contributed by atoms with Crippen LogP contribution in [0, 0.1) is 5.41 Å². The fourth-order valence-electron chi connectivity index (χ4n) is 2.08. The lowest BCUT2D eigenvalue weighted by Crippen LogP contribution is -2.56. The van der Waals surface area contributed by atoms with Gasteiger partial charge in [-0.25, -0.2) is 4.79 Å². The second-order valence-corrected chi connectivity index (χ2v) is 6.14. The van der Waals surface area contributed by atoms with E-state index in [-0.39, 0.29) is 31.8 Å². The molecule has 28 heavy (non-hydrogen) atoms. The maximum Gasteiger partial charge on any atom is 0.326 e. The van der Waals surface area contributed by atoms with Crippen LogP contribution in [0.2, 0.25) is 0 Å². The van der Waals surface area contributed by atoms with E-state index in [1.54, 1.807) is 0 Å². The molecule has 13 heteroatoms. The molecule has 13 nitrogen and oxygen atoms in total. The van der Waals surface area contributed by atoms with Crippen molar-refractivity contribution in [3.8, 4) is 0 Å². The Labute approximate surface area is 161 Å². The summed E-state index contributed by atoms with van der Waals surface area (Å²) >= 11 is 0. The molecule has 0 aliphatic heterocycles. The Morgan fingerprint density at radius 3 is 2.07 bits per heavy atom. The van der Waals surface area contributed by atoms with Crippen LogP contribution in [0.15, 0.2) is 0 Å². The van der Waals surface area contributed by atoms with Crippen LogP contribution in [0.4, 0.5) is 0 Å². The van der Waals surface area contributed by atoms with Gasteiger partial charge in [-0.1, -0.05) is 0 Å². The minimum Gasteiger partial charge on any atom is -0.481 e. The molecule has 0 fully saturated rings. The quantitative estimate of drug-likeness (QED) is 0.0849. The Morgan fingerprint density at radius 2 is 1.61 bits per heavy atom. The zero-order valence-electron chi connectivity index (χ0n) is 15.5. The smallest absolute Gasteiger partial charge is 0.326 e. The Kier molecular flexibility index (Phi) is 11.2. The van der Waals surface area contributed by atoms with Crippen LogP contribution in [0.5, 0.6) is 0 Å². The molecule has 4 atom stereocenters. The summed E-state index contributed by atoms with van der Waals surface area (Å²) in [6, 6.07) is -3.94. The predicted molar refractivity (Wildman–Crippen MR) is 97.2 cm³/mol. The van der Waals surface area contributed by atoms with Crippen LogP contribution in [0.3, 0.4) is 0 Å². The lowest BCUT2D eigenvalue weighted by molar-refractivity contribution is -0.143. The average Bonchev–Trinajstić information content (AvgIpc) is 2.59. The zero-order valence-corrected chi connectivity index (χ0v) is 15.5. The normalized spacial score (nSPS) is 14.8. The Hall–Kier alpha value is -2.93. The monoisotopic (exact) mass is 404 g/mol. The summed E-state index contributed by atoms with van der Waals surface area (Å²) in [6.45, 7) is 1.52. The molecular formula is C15H28N6O7. The van der Waals surface area contributed by atoms with E-state index in [2.05, 4.69) is 16.0 Å². The molecule has 2 amide bonds. The van der Waals surface area contributed by atoms with Crippen molar-refractivity contribution in [3.63, 3.8) is 0 Å². The van der Waals surface area contributed by atoms with Crippen LogP contribution in [0.25, 0.3) is 0 Å². The van der Waals surface area contributed by atoms with E-state index in [0.29, 0.717) is 0 Å². The Balaban J connectivity index is 5.08. The summed E-state index contributed by atoms with van der Waals surface area (Å²) in [5, 5.41) is 41.3. The van der Waals surface area contributed by atoms with Gasteiger partial charge in [-0.2, -0.15) is 0 Å². The Morgan fingerprint density at radius 1 is 1.04 bits per heavy atom. The number of aliphatic hydroxyl groups excluding tert-OH is 1. The molecule has 0 aromatic carbocycles. The summed E-state index contributed by atoms with van der Waals surface area (Å²) in [5.41, 5.74) is 10.7. The first-order valence-electron chi connectivity index (χ1n) is 8.52. The minimum absolute atomic E-state index is 0.0512. The molecule has 160 valence electrons. The van der Waals surface area contributed by atoms with Crippen LogP contribution < -0.4 is 27.4 Å². The highest BCUT2D eigenvalue weighted by atomic mass is 16.4. The summed E-state index contributed by atoms with van der Waals surface area (Å²) in [4.78, 5) is 46.3. The van der Waals surface area contributed by atoms with E-state index in [9.17, 15) is 24.3 Å². The van der Waals surface area contributed by atoms with Crippen molar-refractivity contribution in [3.05, 3.63) is 0 Å². The molecule has 0 aromatic rings. The number of carboxylic acids is 2. The van der Waals surface area contributed by atoms with E-state index in [0.717, 1.165) is 0 Å². The van der Waals surface area contributed by atoms with Gasteiger partial charge in [-0.3, -0.25) is 19.8 Å². The van der Waals surface area contributed by atoms with Crippen molar-refractivity contribution in [2.45, 2.75) is 56.8 Å². The predicted octanol–water partition coefficient (Wildman–Crippen LogP) is -3.12. The highest BCUT2D eigenvalue weighted by molar-refractivity contribution is 5.92. The summed E-state index contributed by atoms with van der Waals surface area (Å²) < 4.78 is 0. The van der Waals surface area contributed by atoms with E-state index < -0.39 is 54.4 Å². The number of hydrogen-bond donors (Lipinski definition) is 9. The summed E-state index contributed by atoms with van der Waals surface area (Å²) in [6.07, 6.45) is -1.64. The second kappa shape index (κ2) is 12.5. The van der Waals surface area contributed by atoms with Gasteiger partial charge in [0.05, 0.1) is 6.10 Å². The first-order valence-corrected chi connectivity index (χ1v) is 8.52. The molecule has 0 unspecified atom stereocenters. The van der Waals surface area contributed by atoms with E-state index in [1.165, 1.54) is 6.92 Å². The molecule has 0 radical (unpaired) electrons. The number of aliphatic hydroxyl groups is 1. The Bertz CT molecular complexity index is 583. The van der Waals surface area contributed by atoms with Crippen LogP contribution in [0.1, 0.15) is 32.6 Å². The van der Waals surface area contributed by atoms with Gasteiger partial charge in [-0.05, 0) is 26.2 Å². The number of guanidine groups is 1. The number of amides is 2. The standard InChI is InChI=1S/C15H28N6O7/c1-7(22)11(16)13(26)20-8(3-2-6-19-15(17)18)12(25)21-9(14(27)28)4-5-10(23)24/h7-9,11,22H,2-6,16H2,1H3,(H,20,26)(H,21,25)(H,23,24)(H,27,28)(H4,17,18,19)/t7-,8+,9+,11+/m1/s1. The van der Waals surface area contributed by atoms with Crippen molar-refractivity contribution in [2.75, 3.05) is 6.54 Å². The second-order valence-electron chi connectivity index (χ2n) is 6.14. The first-order chi connectivity index (χ1) is 13.0. The zero-order chi connectivity index (χ0) is 21.9. The van der Waals surface area contributed by atoms with Crippen molar-refractivity contribution in [2.24, 2.45) is 11.5 Å². The lowest BCUT2D eigenvalue weighted by atomic mass is 10.1. The number of aliphatic carboxylic acids is 2. The number of carbonyl (C=O) groups excluding carboxylic acids is 2. The molecule has 0 spiro atoms. The maximum absolute atomic E-state index is 12.4. The van der Waals surface area contributed by atoms with Gasteiger partial charge in [0.15, 0.2) is 5.96 Å². The van der Waals surface area contributed by atoms with Crippen LogP contribution >= 0.6 is 0 Å². The maximum atomic E-state index is 12.4. The van der Waals surface area contributed by atoms with Gasteiger partial charge >= 0.3 is 11.9 Å². The first kappa shape index (κ1) is 25.1. The average molecular weight is 404 g/mol. The highest BCUT2D eigenvalue weighted by Gasteiger charge is 2.29. The van der Waals surface area contributed by atoms with Gasteiger partial charge in [0, 0.05) is 13.0 Å². The number of carboxylic acid groups (broad SMARTS) is 2. The third-order valence-electron chi connectivity index (χ3n) is 3.70. The largest absolute Gasteiger partial charge is 0.481 e. The highest BCUT2D eigenvalue weighted by Crippen LogP contribution is 2.03. The molecule has 0 aliphatic carbocycles. The van der Waals surface area contributed by atoms with Gasteiger partial charge in [0.1, 0.15) is 18.1 Å². The third kappa shape index (κ3) is 10.3. The number of hydrogen-bond acceptors (Lipinski definition) is 7. The van der Waals surface area contributed by atoms with Crippen LogP contribution in [-0.2, 0) is 19.2 Å². The molecular weight excluding hydrogens is 376 g/mol. The van der Waals surface area contributed by atoms with Crippen molar-refractivity contribution >= 4 is 29.7 Å². The third-order valence-corrected chi connectivity index (χ3v) is 3.70. The number of nitrogens with one attached hydrogen (secondary N) is 4. The van der Waals surface area contributed by atoms with Gasteiger partial charge in [0.25, 0.3) is 0 Å². The fraction of sp³-hybridized carbons (Fsp3) is 0.667. The van der Waals surface area contributed by atoms with Gasteiger partial charge in [0.2, 0.25) is 11.8 Å². The van der Waals surface area contributed by atoms with E-state index in [1.807, 2.05) is 0 Å². The van der Waals surface area contributed by atoms with Gasteiger partial charge in [-0.15, -0.1) is 0 Å². The van der Waals surface area contributed by atoms with Crippen molar-refractivity contribution in [1.82, 2.24) is 16.0 Å². The molecule has 0 aliphatic rings. The molecule has 0 rings (SSSR count). The summed E-state index contributed by atoms with van der Waals surface area (Å²) in [5.74, 6) is -4.57. The van der Waals surface area contributed by atoms with E-state index in [4.69, 9.17) is 27.1 Å². The topological polar surface area (TPSA) is 241 Å². The molecule has 11 N–H and O–H groups in total. The lowest BCUT2D eigenvalue weighted by Gasteiger charge is -2.23.